The van der Waals surface area contributed by atoms with Gasteiger partial charge in [-0.15, -0.1) is 0 Å². The molecule has 0 spiro atoms. The van der Waals surface area contributed by atoms with E-state index < -0.39 is 0 Å². The van der Waals surface area contributed by atoms with Crippen molar-refractivity contribution in [3.8, 4) is 5.75 Å². The summed E-state index contributed by atoms with van der Waals surface area (Å²) in [5.74, 6) is 0.506. The predicted octanol–water partition coefficient (Wildman–Crippen LogP) is 1.06. The van der Waals surface area contributed by atoms with Crippen molar-refractivity contribution in [3.05, 3.63) is 29.8 Å². The molecular formula is C19H29N3O3. The highest BCUT2D eigenvalue weighted by Gasteiger charge is 2.47. The van der Waals surface area contributed by atoms with E-state index in [-0.39, 0.29) is 23.7 Å². The van der Waals surface area contributed by atoms with E-state index in [9.17, 15) is 9.59 Å². The lowest BCUT2D eigenvalue weighted by molar-refractivity contribution is -0.127. The summed E-state index contributed by atoms with van der Waals surface area (Å²) in [6, 6.07) is 7.81. The van der Waals surface area contributed by atoms with E-state index in [1.165, 1.54) is 0 Å². The normalized spacial score (nSPS) is 18.7. The van der Waals surface area contributed by atoms with Crippen LogP contribution in [-0.4, -0.2) is 57.6 Å². The standard InChI is InChI=1S/C19H29N3O3/c1-22(2)12-4-10-20-18(23)16-13-17(16)19(24)21-11-9-14-5-7-15(25-3)8-6-14/h5-8,16-17H,4,9-13H2,1-3H3,(H,20,23)(H,21,24). The van der Waals surface area contributed by atoms with Crippen molar-refractivity contribution in [2.24, 2.45) is 11.8 Å². The van der Waals surface area contributed by atoms with Gasteiger partial charge in [0.1, 0.15) is 5.75 Å². The molecule has 0 bridgehead atoms. The zero-order valence-electron chi connectivity index (χ0n) is 15.4. The van der Waals surface area contributed by atoms with E-state index in [0.717, 1.165) is 30.7 Å². The maximum Gasteiger partial charge on any atom is 0.223 e. The molecule has 2 unspecified atom stereocenters. The Balaban J connectivity index is 1.61. The fourth-order valence-electron chi connectivity index (χ4n) is 2.77. The molecule has 138 valence electrons. The summed E-state index contributed by atoms with van der Waals surface area (Å²) in [6.07, 6.45) is 2.35. The fourth-order valence-corrected chi connectivity index (χ4v) is 2.77. The third-order valence-electron chi connectivity index (χ3n) is 4.42. The molecule has 2 atom stereocenters. The Kier molecular flexibility index (Phi) is 7.25. The molecule has 1 saturated carbocycles. The summed E-state index contributed by atoms with van der Waals surface area (Å²) >= 11 is 0. The van der Waals surface area contributed by atoms with E-state index in [4.69, 9.17) is 4.74 Å². The first kappa shape index (κ1) is 19.2. The topological polar surface area (TPSA) is 70.7 Å². The molecule has 1 aliphatic carbocycles. The maximum absolute atomic E-state index is 12.1. The van der Waals surface area contributed by atoms with Gasteiger partial charge >= 0.3 is 0 Å². The first-order valence-electron chi connectivity index (χ1n) is 8.84. The van der Waals surface area contributed by atoms with Crippen LogP contribution in [0.15, 0.2) is 24.3 Å². The van der Waals surface area contributed by atoms with Gasteiger partial charge < -0.3 is 20.3 Å². The minimum atomic E-state index is -0.162. The zero-order chi connectivity index (χ0) is 18.2. The molecular weight excluding hydrogens is 318 g/mol. The van der Waals surface area contributed by atoms with Crippen LogP contribution in [0.5, 0.6) is 5.75 Å². The van der Waals surface area contributed by atoms with Crippen molar-refractivity contribution >= 4 is 11.8 Å². The van der Waals surface area contributed by atoms with Crippen molar-refractivity contribution in [3.63, 3.8) is 0 Å². The number of methoxy groups -OCH3 is 1. The molecule has 2 N–H and O–H groups in total. The third kappa shape index (κ3) is 6.38. The zero-order valence-corrected chi connectivity index (χ0v) is 15.4. The Labute approximate surface area is 149 Å². The van der Waals surface area contributed by atoms with Crippen LogP contribution in [0.1, 0.15) is 18.4 Å². The summed E-state index contributed by atoms with van der Waals surface area (Å²) in [5, 5.41) is 5.85. The molecule has 1 aromatic carbocycles. The minimum absolute atomic E-state index is 0.00839. The quantitative estimate of drug-likeness (QED) is 0.621. The maximum atomic E-state index is 12.1. The molecule has 0 aromatic heterocycles. The van der Waals surface area contributed by atoms with Gasteiger partial charge in [-0.2, -0.15) is 0 Å². The van der Waals surface area contributed by atoms with E-state index >= 15 is 0 Å². The second-order valence-electron chi connectivity index (χ2n) is 6.79. The van der Waals surface area contributed by atoms with Crippen LogP contribution in [-0.2, 0) is 16.0 Å². The lowest BCUT2D eigenvalue weighted by atomic mass is 10.1. The lowest BCUT2D eigenvalue weighted by Crippen LogP contribution is -2.32. The van der Waals surface area contributed by atoms with Gasteiger partial charge in [-0.25, -0.2) is 0 Å². The summed E-state index contributed by atoms with van der Waals surface area (Å²) in [4.78, 5) is 26.2. The van der Waals surface area contributed by atoms with Gasteiger partial charge in [0.2, 0.25) is 11.8 Å². The Morgan fingerprint density at radius 1 is 1.08 bits per heavy atom. The number of ether oxygens (including phenoxy) is 1. The van der Waals surface area contributed by atoms with Gasteiger partial charge in [-0.1, -0.05) is 12.1 Å². The monoisotopic (exact) mass is 347 g/mol. The van der Waals surface area contributed by atoms with Crippen molar-refractivity contribution in [1.82, 2.24) is 15.5 Å². The van der Waals surface area contributed by atoms with Gasteiger partial charge in [0.15, 0.2) is 0 Å². The van der Waals surface area contributed by atoms with Crippen LogP contribution >= 0.6 is 0 Å². The second kappa shape index (κ2) is 9.42. The first-order valence-corrected chi connectivity index (χ1v) is 8.84. The molecule has 0 aliphatic heterocycles. The molecule has 0 radical (unpaired) electrons. The smallest absolute Gasteiger partial charge is 0.223 e. The van der Waals surface area contributed by atoms with Crippen molar-refractivity contribution in [1.29, 1.82) is 0 Å². The molecule has 0 saturated heterocycles. The Bertz CT molecular complexity index is 572. The first-order chi connectivity index (χ1) is 12.0. The number of nitrogens with zero attached hydrogens (tertiary/aromatic N) is 1. The van der Waals surface area contributed by atoms with Crippen LogP contribution in [0.2, 0.25) is 0 Å². The number of amides is 2. The third-order valence-corrected chi connectivity index (χ3v) is 4.42. The van der Waals surface area contributed by atoms with Gasteiger partial charge in [-0.05, 0) is 57.6 Å². The van der Waals surface area contributed by atoms with Gasteiger partial charge in [0.25, 0.3) is 0 Å². The molecule has 1 fully saturated rings. The minimum Gasteiger partial charge on any atom is -0.497 e. The molecule has 2 amide bonds. The summed E-state index contributed by atoms with van der Waals surface area (Å²) in [6.45, 7) is 2.19. The molecule has 6 heteroatoms. The number of hydrogen-bond donors (Lipinski definition) is 2. The number of rotatable bonds is 10. The number of carbonyl (C=O) groups excluding carboxylic acids is 2. The highest BCUT2D eigenvalue weighted by atomic mass is 16.5. The Hall–Kier alpha value is -2.08. The largest absolute Gasteiger partial charge is 0.497 e. The van der Waals surface area contributed by atoms with E-state index in [1.807, 2.05) is 38.4 Å². The molecule has 2 rings (SSSR count). The molecule has 1 aromatic rings. The summed E-state index contributed by atoms with van der Waals surface area (Å²) < 4.78 is 5.12. The molecule has 6 nitrogen and oxygen atoms in total. The number of benzene rings is 1. The van der Waals surface area contributed by atoms with E-state index in [0.29, 0.717) is 19.5 Å². The number of carbonyl (C=O) groups is 2. The summed E-state index contributed by atoms with van der Waals surface area (Å²) in [7, 11) is 5.66. The van der Waals surface area contributed by atoms with Crippen molar-refractivity contribution in [2.45, 2.75) is 19.3 Å². The average molecular weight is 347 g/mol. The van der Waals surface area contributed by atoms with Crippen molar-refractivity contribution < 1.29 is 14.3 Å². The number of hydrogen-bond acceptors (Lipinski definition) is 4. The fraction of sp³-hybridized carbons (Fsp3) is 0.579. The number of nitrogens with one attached hydrogen (secondary N) is 2. The van der Waals surface area contributed by atoms with Crippen LogP contribution < -0.4 is 15.4 Å². The van der Waals surface area contributed by atoms with Crippen LogP contribution in [0, 0.1) is 11.8 Å². The Morgan fingerprint density at radius 2 is 1.68 bits per heavy atom. The predicted molar refractivity (Wildman–Crippen MR) is 97.5 cm³/mol. The van der Waals surface area contributed by atoms with Gasteiger partial charge in [0.05, 0.1) is 18.9 Å². The van der Waals surface area contributed by atoms with E-state index in [1.54, 1.807) is 7.11 Å². The van der Waals surface area contributed by atoms with Crippen molar-refractivity contribution in [2.75, 3.05) is 40.8 Å². The highest BCUT2D eigenvalue weighted by Crippen LogP contribution is 2.38. The summed E-state index contributed by atoms with van der Waals surface area (Å²) in [5.41, 5.74) is 1.15. The van der Waals surface area contributed by atoms with Gasteiger partial charge in [-0.3, -0.25) is 9.59 Å². The van der Waals surface area contributed by atoms with Crippen LogP contribution in [0.4, 0.5) is 0 Å². The van der Waals surface area contributed by atoms with Crippen LogP contribution in [0.3, 0.4) is 0 Å². The Morgan fingerprint density at radius 3 is 2.24 bits per heavy atom. The lowest BCUT2D eigenvalue weighted by Gasteiger charge is -2.10. The second-order valence-corrected chi connectivity index (χ2v) is 6.79. The van der Waals surface area contributed by atoms with Gasteiger partial charge in [0, 0.05) is 13.1 Å². The SMILES string of the molecule is COc1ccc(CCNC(=O)C2CC2C(=O)NCCCN(C)C)cc1. The molecule has 25 heavy (non-hydrogen) atoms. The average Bonchev–Trinajstić information content (AvgIpc) is 3.40. The van der Waals surface area contributed by atoms with E-state index in [2.05, 4.69) is 15.5 Å². The molecule has 0 heterocycles. The highest BCUT2D eigenvalue weighted by molar-refractivity contribution is 5.92. The van der Waals surface area contributed by atoms with Crippen LogP contribution in [0.25, 0.3) is 0 Å². The molecule has 1 aliphatic rings.